The highest BCUT2D eigenvalue weighted by atomic mass is 19.1. The van der Waals surface area contributed by atoms with Gasteiger partial charge >= 0.3 is 0 Å². The summed E-state index contributed by atoms with van der Waals surface area (Å²) in [6.45, 7) is 3.46. The monoisotopic (exact) mass is 384 g/mol. The maximum atomic E-state index is 13.5. The number of nitrogens with zero attached hydrogens (tertiary/aromatic N) is 2. The summed E-state index contributed by atoms with van der Waals surface area (Å²) < 4.78 is 39.5. The van der Waals surface area contributed by atoms with Crippen molar-refractivity contribution in [2.75, 3.05) is 26.2 Å². The van der Waals surface area contributed by atoms with Gasteiger partial charge in [-0.1, -0.05) is 12.1 Å². The predicted octanol–water partition coefficient (Wildman–Crippen LogP) is 3.34. The molecule has 4 heterocycles. The second-order valence-corrected chi connectivity index (χ2v) is 8.70. The van der Waals surface area contributed by atoms with E-state index in [0.29, 0.717) is 11.5 Å². The van der Waals surface area contributed by atoms with E-state index in [9.17, 15) is 8.78 Å². The van der Waals surface area contributed by atoms with E-state index in [-0.39, 0.29) is 22.8 Å². The third-order valence-corrected chi connectivity index (χ3v) is 6.73. The second kappa shape index (κ2) is 5.67. The minimum absolute atomic E-state index is 0.249. The van der Waals surface area contributed by atoms with Crippen molar-refractivity contribution in [1.29, 1.82) is 0 Å². The Morgan fingerprint density at radius 1 is 0.714 bits per heavy atom. The van der Waals surface area contributed by atoms with Crippen LogP contribution in [0.25, 0.3) is 0 Å². The van der Waals surface area contributed by atoms with Gasteiger partial charge in [0.1, 0.15) is 34.3 Å². The van der Waals surface area contributed by atoms with Crippen LogP contribution in [0.1, 0.15) is 24.0 Å². The summed E-state index contributed by atoms with van der Waals surface area (Å²) in [5.74, 6) is 0.885. The Morgan fingerprint density at radius 3 is 1.64 bits per heavy atom. The lowest BCUT2D eigenvalue weighted by Crippen LogP contribution is -2.47. The van der Waals surface area contributed by atoms with Crippen LogP contribution in [0.5, 0.6) is 11.5 Å². The molecular formula is C22H22F2N2O2. The van der Waals surface area contributed by atoms with E-state index >= 15 is 0 Å². The molecule has 4 aliphatic rings. The van der Waals surface area contributed by atoms with E-state index in [2.05, 4.69) is 10.0 Å². The van der Waals surface area contributed by atoms with Crippen LogP contribution < -0.4 is 9.47 Å². The van der Waals surface area contributed by atoms with E-state index < -0.39 is 0 Å². The summed E-state index contributed by atoms with van der Waals surface area (Å²) in [6, 6.07) is 9.71. The molecule has 2 saturated heterocycles. The van der Waals surface area contributed by atoms with Gasteiger partial charge in [-0.3, -0.25) is 0 Å². The molecule has 146 valence electrons. The van der Waals surface area contributed by atoms with Crippen molar-refractivity contribution in [1.82, 2.24) is 10.0 Å². The number of hydrogen-bond acceptors (Lipinski definition) is 4. The highest BCUT2D eigenvalue weighted by Crippen LogP contribution is 2.44. The van der Waals surface area contributed by atoms with Crippen LogP contribution in [0.4, 0.5) is 8.78 Å². The average Bonchev–Trinajstić information content (AvgIpc) is 3.41. The standard InChI is InChI=1S/C22H22F2N2O2/c23-17-3-1-15-11-21(27-19(15)9-17)5-7-25(13-21)26-8-6-22(14-26)12-16-2-4-18(24)10-20(16)28-22/h1-4,9-10H,5-8,11-14H2. The zero-order chi connectivity index (χ0) is 18.9. The lowest BCUT2D eigenvalue weighted by Gasteiger charge is -2.31. The van der Waals surface area contributed by atoms with Gasteiger partial charge in [0.05, 0.1) is 13.1 Å². The van der Waals surface area contributed by atoms with Crippen molar-refractivity contribution >= 4 is 0 Å². The van der Waals surface area contributed by atoms with Gasteiger partial charge in [-0.2, -0.15) is 0 Å². The van der Waals surface area contributed by atoms with E-state index in [4.69, 9.17) is 9.47 Å². The van der Waals surface area contributed by atoms with Crippen molar-refractivity contribution in [3.63, 3.8) is 0 Å². The van der Waals surface area contributed by atoms with Crippen LogP contribution in [-0.2, 0) is 12.8 Å². The van der Waals surface area contributed by atoms with Crippen LogP contribution in [0.2, 0.25) is 0 Å². The van der Waals surface area contributed by atoms with Gasteiger partial charge in [-0.25, -0.2) is 18.8 Å². The van der Waals surface area contributed by atoms with Gasteiger partial charge in [0, 0.05) is 50.9 Å². The summed E-state index contributed by atoms with van der Waals surface area (Å²) >= 11 is 0. The molecule has 2 aromatic carbocycles. The highest BCUT2D eigenvalue weighted by molar-refractivity contribution is 5.41. The molecule has 0 bridgehead atoms. The van der Waals surface area contributed by atoms with Crippen molar-refractivity contribution in [3.05, 3.63) is 59.2 Å². The second-order valence-electron chi connectivity index (χ2n) is 8.70. The van der Waals surface area contributed by atoms with Crippen LogP contribution in [0, 0.1) is 11.6 Å². The largest absolute Gasteiger partial charge is 0.485 e. The molecular weight excluding hydrogens is 362 g/mol. The van der Waals surface area contributed by atoms with Gasteiger partial charge in [-0.05, 0) is 23.3 Å². The third kappa shape index (κ3) is 2.54. The van der Waals surface area contributed by atoms with Gasteiger partial charge in [0.2, 0.25) is 0 Å². The fourth-order valence-electron chi connectivity index (χ4n) is 5.36. The highest BCUT2D eigenvalue weighted by Gasteiger charge is 2.51. The summed E-state index contributed by atoms with van der Waals surface area (Å²) in [7, 11) is 0. The SMILES string of the molecule is Fc1ccc2c(c1)OC1(CCN(N3CCC4(Cc5ccc(F)cc5O4)C3)C1)C2. The minimum Gasteiger partial charge on any atom is -0.485 e. The van der Waals surface area contributed by atoms with E-state index in [1.54, 1.807) is 0 Å². The Hall–Kier alpha value is -2.18. The van der Waals surface area contributed by atoms with E-state index in [1.807, 2.05) is 12.1 Å². The zero-order valence-electron chi connectivity index (χ0n) is 15.6. The molecule has 4 aliphatic heterocycles. The molecule has 28 heavy (non-hydrogen) atoms. The number of hydrogen-bond donors (Lipinski definition) is 0. The Kier molecular flexibility index (Phi) is 3.39. The number of benzene rings is 2. The van der Waals surface area contributed by atoms with Crippen LogP contribution in [0.3, 0.4) is 0 Å². The quantitative estimate of drug-likeness (QED) is 0.753. The molecule has 2 unspecified atom stereocenters. The molecule has 2 spiro atoms. The Labute approximate surface area is 162 Å². The Morgan fingerprint density at radius 2 is 1.18 bits per heavy atom. The molecule has 0 radical (unpaired) electrons. The topological polar surface area (TPSA) is 24.9 Å². The molecule has 0 aliphatic carbocycles. The molecule has 0 aromatic heterocycles. The smallest absolute Gasteiger partial charge is 0.128 e. The van der Waals surface area contributed by atoms with Crippen molar-refractivity contribution in [2.45, 2.75) is 36.9 Å². The molecule has 6 rings (SSSR count). The molecule has 6 heteroatoms. The maximum absolute atomic E-state index is 13.5. The number of ether oxygens (including phenoxy) is 2. The predicted molar refractivity (Wildman–Crippen MR) is 99.3 cm³/mol. The fourth-order valence-corrected chi connectivity index (χ4v) is 5.36. The summed E-state index contributed by atoms with van der Waals surface area (Å²) in [5, 5.41) is 4.73. The van der Waals surface area contributed by atoms with Crippen LogP contribution >= 0.6 is 0 Å². The van der Waals surface area contributed by atoms with Crippen LogP contribution in [-0.4, -0.2) is 47.4 Å². The molecule has 0 amide bonds. The first-order valence-electron chi connectivity index (χ1n) is 9.96. The molecule has 0 saturated carbocycles. The average molecular weight is 384 g/mol. The molecule has 2 aromatic rings. The fraction of sp³-hybridized carbons (Fsp3) is 0.455. The summed E-state index contributed by atoms with van der Waals surface area (Å²) in [5.41, 5.74) is 1.68. The Bertz CT molecular complexity index is 890. The van der Waals surface area contributed by atoms with Gasteiger partial charge in [-0.15, -0.1) is 0 Å². The van der Waals surface area contributed by atoms with E-state index in [1.165, 1.54) is 24.3 Å². The lowest BCUT2D eigenvalue weighted by molar-refractivity contribution is -0.0228. The molecule has 2 atom stereocenters. The van der Waals surface area contributed by atoms with Crippen molar-refractivity contribution in [3.8, 4) is 11.5 Å². The lowest BCUT2D eigenvalue weighted by atomic mass is 9.96. The minimum atomic E-state index is -0.255. The molecule has 2 fully saturated rings. The van der Waals surface area contributed by atoms with E-state index in [0.717, 1.165) is 63.0 Å². The first-order valence-corrected chi connectivity index (χ1v) is 9.96. The molecule has 4 nitrogen and oxygen atoms in total. The maximum Gasteiger partial charge on any atom is 0.128 e. The summed E-state index contributed by atoms with van der Waals surface area (Å²) in [4.78, 5) is 0. The number of fused-ring (bicyclic) bond motifs is 2. The van der Waals surface area contributed by atoms with Gasteiger partial charge in [0.15, 0.2) is 0 Å². The van der Waals surface area contributed by atoms with Crippen LogP contribution in [0.15, 0.2) is 36.4 Å². The Balaban J connectivity index is 1.15. The first kappa shape index (κ1) is 16.7. The number of halogens is 2. The normalized spacial score (nSPS) is 31.4. The summed E-state index contributed by atoms with van der Waals surface area (Å²) in [6.07, 6.45) is 3.52. The third-order valence-electron chi connectivity index (χ3n) is 6.73. The van der Waals surface area contributed by atoms with Crippen molar-refractivity contribution in [2.24, 2.45) is 0 Å². The van der Waals surface area contributed by atoms with Gasteiger partial charge in [0.25, 0.3) is 0 Å². The van der Waals surface area contributed by atoms with Crippen molar-refractivity contribution < 1.29 is 18.3 Å². The number of hydrazine groups is 1. The number of rotatable bonds is 1. The zero-order valence-corrected chi connectivity index (χ0v) is 15.6. The molecule has 0 N–H and O–H groups in total. The van der Waals surface area contributed by atoms with Gasteiger partial charge < -0.3 is 9.47 Å². The first-order chi connectivity index (χ1) is 13.5.